The van der Waals surface area contributed by atoms with E-state index in [2.05, 4.69) is 191 Å². The van der Waals surface area contributed by atoms with E-state index in [1.54, 1.807) is 0 Å². The van der Waals surface area contributed by atoms with Crippen LogP contribution in [0.1, 0.15) is 258 Å². The maximum absolute atomic E-state index is 12.8. The highest BCUT2D eigenvalue weighted by Crippen LogP contribution is 2.14. The lowest BCUT2D eigenvalue weighted by atomic mass is 10.1. The third-order valence-electron chi connectivity index (χ3n) is 13.0. The van der Waals surface area contributed by atoms with Crippen LogP contribution in [0.5, 0.6) is 0 Å². The van der Waals surface area contributed by atoms with Crippen LogP contribution in [0.2, 0.25) is 0 Å². The molecule has 0 bridgehead atoms. The Morgan fingerprint density at radius 1 is 0.263 bits per heavy atom. The number of hydrogen-bond donors (Lipinski definition) is 0. The first-order valence-corrected chi connectivity index (χ1v) is 32.1. The van der Waals surface area contributed by atoms with E-state index >= 15 is 0 Å². The summed E-state index contributed by atoms with van der Waals surface area (Å²) in [5.41, 5.74) is 0. The van der Waals surface area contributed by atoms with E-state index in [9.17, 15) is 14.4 Å². The van der Waals surface area contributed by atoms with Gasteiger partial charge in [-0.3, -0.25) is 14.4 Å². The van der Waals surface area contributed by atoms with Crippen molar-refractivity contribution in [3.05, 3.63) is 170 Å². The van der Waals surface area contributed by atoms with Crippen molar-refractivity contribution >= 4 is 17.9 Å². The van der Waals surface area contributed by atoms with Gasteiger partial charge in [0.25, 0.3) is 0 Å². The summed E-state index contributed by atoms with van der Waals surface area (Å²) in [5, 5.41) is 0. The molecular formula is C74H116O6. The quantitative estimate of drug-likeness (QED) is 0.0261. The number of carbonyl (C=O) groups is 3. The normalized spacial score (nSPS) is 13.3. The van der Waals surface area contributed by atoms with E-state index < -0.39 is 6.10 Å². The molecule has 0 amide bonds. The Kier molecular flexibility index (Phi) is 61.9. The Hall–Kier alpha value is -5.23. The lowest BCUT2D eigenvalue weighted by molar-refractivity contribution is -0.167. The number of ether oxygens (including phenoxy) is 3. The third-order valence-corrected chi connectivity index (χ3v) is 13.0. The predicted molar refractivity (Wildman–Crippen MR) is 348 cm³/mol. The Morgan fingerprint density at radius 3 is 0.800 bits per heavy atom. The average Bonchev–Trinajstić information content (AvgIpc) is 3.46. The zero-order valence-corrected chi connectivity index (χ0v) is 51.3. The van der Waals surface area contributed by atoms with E-state index in [-0.39, 0.29) is 37.5 Å². The van der Waals surface area contributed by atoms with E-state index in [4.69, 9.17) is 14.2 Å². The predicted octanol–water partition coefficient (Wildman–Crippen LogP) is 22.3. The van der Waals surface area contributed by atoms with Crippen molar-refractivity contribution in [1.82, 2.24) is 0 Å². The van der Waals surface area contributed by atoms with Gasteiger partial charge in [0, 0.05) is 19.3 Å². The summed E-state index contributed by atoms with van der Waals surface area (Å²) in [6, 6.07) is 0. The smallest absolute Gasteiger partial charge is 0.306 e. The van der Waals surface area contributed by atoms with E-state index in [0.717, 1.165) is 141 Å². The Balaban J connectivity index is 4.30. The van der Waals surface area contributed by atoms with E-state index in [0.29, 0.717) is 19.3 Å². The molecule has 0 rings (SSSR count). The average molecular weight is 1100 g/mol. The molecule has 0 radical (unpaired) electrons. The minimum absolute atomic E-state index is 0.109. The molecule has 0 fully saturated rings. The van der Waals surface area contributed by atoms with Crippen LogP contribution >= 0.6 is 0 Å². The molecule has 0 aliphatic heterocycles. The molecule has 0 heterocycles. The minimum Gasteiger partial charge on any atom is -0.462 e. The van der Waals surface area contributed by atoms with E-state index in [1.807, 2.05) is 0 Å². The van der Waals surface area contributed by atoms with Crippen molar-refractivity contribution in [2.24, 2.45) is 0 Å². The molecule has 0 spiro atoms. The lowest BCUT2D eigenvalue weighted by Crippen LogP contribution is -2.30. The van der Waals surface area contributed by atoms with Gasteiger partial charge in [-0.15, -0.1) is 0 Å². The maximum Gasteiger partial charge on any atom is 0.306 e. The number of hydrogen-bond acceptors (Lipinski definition) is 6. The maximum atomic E-state index is 12.8. The molecule has 0 aliphatic rings. The van der Waals surface area contributed by atoms with Crippen molar-refractivity contribution in [2.45, 2.75) is 264 Å². The minimum atomic E-state index is -0.818. The molecule has 0 saturated carbocycles. The third kappa shape index (κ3) is 63.6. The standard InChI is InChI=1S/C74H116O6/c1-4-7-10-13-16-19-21-23-25-27-29-31-33-34-35-36-37-38-39-40-42-43-45-47-49-51-53-55-58-61-64-67-73(76)79-70-71(69-78-72(75)66-63-60-57-18-15-12-9-6-3)80-74(77)68-65-62-59-56-54-52-50-48-46-44-41-32-30-28-26-24-22-20-17-14-11-8-5-2/h7-8,10-11,16-17,19-20,23-26,29-32,34-35,37-38,40,42,44,46,50,52,56,59,71H,4-6,9,12-15,18,21-22,27-28,33,36,39,41,43,45,47-49,51,53-55,57-58,60-70H2,1-3H3/b10-7-,11-8-,19-16-,20-17-,25-23-,26-24-,31-29-,32-30-,35-34-,38-37-,42-40-,46-44-,52-50-,59-56-. The fourth-order valence-corrected chi connectivity index (χ4v) is 8.23. The van der Waals surface area contributed by atoms with Crippen molar-refractivity contribution in [1.29, 1.82) is 0 Å². The number of allylic oxidation sites excluding steroid dienone is 28. The molecular weight excluding hydrogens is 985 g/mol. The monoisotopic (exact) mass is 1100 g/mol. The summed E-state index contributed by atoms with van der Waals surface area (Å²) >= 11 is 0. The van der Waals surface area contributed by atoms with Crippen LogP contribution in [0.3, 0.4) is 0 Å². The summed E-state index contributed by atoms with van der Waals surface area (Å²) in [7, 11) is 0. The van der Waals surface area contributed by atoms with Crippen LogP contribution in [0, 0.1) is 0 Å². The molecule has 0 aromatic heterocycles. The van der Waals surface area contributed by atoms with Crippen LogP contribution in [-0.2, 0) is 28.6 Å². The largest absolute Gasteiger partial charge is 0.462 e. The lowest BCUT2D eigenvalue weighted by Gasteiger charge is -2.18. The summed E-state index contributed by atoms with van der Waals surface area (Å²) in [5.74, 6) is -0.985. The highest BCUT2D eigenvalue weighted by atomic mass is 16.6. The zero-order chi connectivity index (χ0) is 57.8. The Morgan fingerprint density at radius 2 is 0.500 bits per heavy atom. The molecule has 0 aromatic carbocycles. The molecule has 0 saturated heterocycles. The molecule has 6 heteroatoms. The van der Waals surface area contributed by atoms with Gasteiger partial charge in [0.05, 0.1) is 0 Å². The molecule has 0 aliphatic carbocycles. The van der Waals surface area contributed by atoms with Gasteiger partial charge in [-0.2, -0.15) is 0 Å². The summed E-state index contributed by atoms with van der Waals surface area (Å²) in [6.07, 6.45) is 98.1. The van der Waals surface area contributed by atoms with Gasteiger partial charge in [0.2, 0.25) is 0 Å². The number of esters is 3. The highest BCUT2D eigenvalue weighted by Gasteiger charge is 2.19. The zero-order valence-electron chi connectivity index (χ0n) is 51.3. The summed E-state index contributed by atoms with van der Waals surface area (Å²) in [4.78, 5) is 38.1. The van der Waals surface area contributed by atoms with Crippen LogP contribution < -0.4 is 0 Å². The first-order valence-electron chi connectivity index (χ1n) is 32.1. The van der Waals surface area contributed by atoms with Gasteiger partial charge in [-0.1, -0.05) is 281 Å². The van der Waals surface area contributed by atoms with Gasteiger partial charge >= 0.3 is 17.9 Å². The first kappa shape index (κ1) is 74.8. The Labute approximate surface area is 492 Å². The molecule has 1 atom stereocenters. The molecule has 1 unspecified atom stereocenters. The van der Waals surface area contributed by atoms with Gasteiger partial charge in [0.15, 0.2) is 6.10 Å². The molecule has 0 N–H and O–H groups in total. The Bertz CT molecular complexity index is 1840. The van der Waals surface area contributed by atoms with Crippen LogP contribution in [0.15, 0.2) is 170 Å². The van der Waals surface area contributed by atoms with E-state index in [1.165, 1.54) is 70.6 Å². The van der Waals surface area contributed by atoms with Gasteiger partial charge in [-0.25, -0.2) is 0 Å². The fraction of sp³-hybridized carbons (Fsp3) is 0.581. The number of unbranched alkanes of at least 4 members (excludes halogenated alkanes) is 17. The number of rotatable bonds is 56. The van der Waals surface area contributed by atoms with Crippen molar-refractivity contribution in [3.8, 4) is 0 Å². The van der Waals surface area contributed by atoms with Crippen LogP contribution in [0.25, 0.3) is 0 Å². The molecule has 0 aromatic rings. The topological polar surface area (TPSA) is 78.9 Å². The second kappa shape index (κ2) is 66.3. The van der Waals surface area contributed by atoms with Crippen molar-refractivity contribution < 1.29 is 28.6 Å². The second-order valence-corrected chi connectivity index (χ2v) is 20.6. The fourth-order valence-electron chi connectivity index (χ4n) is 8.23. The van der Waals surface area contributed by atoms with Crippen molar-refractivity contribution in [2.75, 3.05) is 13.2 Å². The van der Waals surface area contributed by atoms with Gasteiger partial charge < -0.3 is 14.2 Å². The molecule has 6 nitrogen and oxygen atoms in total. The molecule has 448 valence electrons. The second-order valence-electron chi connectivity index (χ2n) is 20.6. The SMILES string of the molecule is CC/C=C\C/C=C\C/C=C\C/C=C\C/C=C\C/C=C\C/C=C\CCCCCCCCCCCC(=O)OCC(COC(=O)CCCCCCCCCC)OC(=O)CCC/C=C\C/C=C\C/C=C\C/C=C\C/C=C\C/C=C\C/C=C\CC. The van der Waals surface area contributed by atoms with Gasteiger partial charge in [0.1, 0.15) is 13.2 Å². The molecule has 80 heavy (non-hydrogen) atoms. The summed E-state index contributed by atoms with van der Waals surface area (Å²) in [6.45, 7) is 6.32. The van der Waals surface area contributed by atoms with Crippen molar-refractivity contribution in [3.63, 3.8) is 0 Å². The number of carbonyl (C=O) groups excluding carboxylic acids is 3. The van der Waals surface area contributed by atoms with Crippen LogP contribution in [0.4, 0.5) is 0 Å². The highest BCUT2D eigenvalue weighted by molar-refractivity contribution is 5.71. The summed E-state index contributed by atoms with van der Waals surface area (Å²) < 4.78 is 16.8. The van der Waals surface area contributed by atoms with Gasteiger partial charge in [-0.05, 0) is 128 Å². The first-order chi connectivity index (χ1) is 39.5. The van der Waals surface area contributed by atoms with Crippen LogP contribution in [-0.4, -0.2) is 37.2 Å².